The van der Waals surface area contributed by atoms with Crippen LogP contribution in [0.5, 0.6) is 11.5 Å². The molecular weight excluding hydrogens is 344 g/mol. The van der Waals surface area contributed by atoms with E-state index in [1.165, 1.54) is 5.56 Å². The van der Waals surface area contributed by atoms with Crippen LogP contribution >= 0.6 is 12.2 Å². The Balaban J connectivity index is 1.70. The van der Waals surface area contributed by atoms with Crippen LogP contribution in [-0.4, -0.2) is 24.4 Å². The van der Waals surface area contributed by atoms with Crippen molar-refractivity contribution in [3.05, 3.63) is 54.1 Å². The van der Waals surface area contributed by atoms with E-state index in [2.05, 4.69) is 22.8 Å². The Kier molecular flexibility index (Phi) is 8.22. The highest BCUT2D eigenvalue weighted by atomic mass is 32.1. The molecule has 2 N–H and O–H groups in total. The van der Waals surface area contributed by atoms with Crippen LogP contribution in [0.15, 0.2) is 48.5 Å². The molecule has 2 rings (SSSR count). The monoisotopic (exact) mass is 372 g/mol. The first-order valence-electron chi connectivity index (χ1n) is 9.10. The Hall–Kier alpha value is -2.27. The third-order valence-corrected chi connectivity index (χ3v) is 3.87. The van der Waals surface area contributed by atoms with Gasteiger partial charge in [0.05, 0.1) is 12.7 Å². The zero-order valence-electron chi connectivity index (χ0n) is 15.7. The second-order valence-corrected chi connectivity index (χ2v) is 6.66. The number of hydrogen-bond donors (Lipinski definition) is 2. The van der Waals surface area contributed by atoms with Crippen molar-refractivity contribution in [3.8, 4) is 11.5 Å². The van der Waals surface area contributed by atoms with Crippen molar-refractivity contribution in [1.29, 1.82) is 0 Å². The normalized spacial score (nSPS) is 10.5. The molecule has 0 spiro atoms. The molecule has 0 amide bonds. The van der Waals surface area contributed by atoms with Crippen molar-refractivity contribution < 1.29 is 9.47 Å². The lowest BCUT2D eigenvalue weighted by Gasteiger charge is -2.12. The van der Waals surface area contributed by atoms with Gasteiger partial charge in [0.15, 0.2) is 5.11 Å². The van der Waals surface area contributed by atoms with E-state index in [0.717, 1.165) is 36.6 Å². The van der Waals surface area contributed by atoms with Crippen LogP contribution < -0.4 is 20.1 Å². The van der Waals surface area contributed by atoms with Crippen LogP contribution in [0.2, 0.25) is 0 Å². The van der Waals surface area contributed by atoms with E-state index in [0.29, 0.717) is 11.7 Å². The van der Waals surface area contributed by atoms with E-state index in [1.807, 2.05) is 57.2 Å². The number of benzene rings is 2. The van der Waals surface area contributed by atoms with Crippen molar-refractivity contribution in [3.63, 3.8) is 0 Å². The minimum Gasteiger partial charge on any atom is -0.494 e. The van der Waals surface area contributed by atoms with Crippen molar-refractivity contribution in [1.82, 2.24) is 5.32 Å². The van der Waals surface area contributed by atoms with Gasteiger partial charge in [0.2, 0.25) is 0 Å². The first kappa shape index (κ1) is 20.0. The van der Waals surface area contributed by atoms with Crippen LogP contribution in [-0.2, 0) is 6.42 Å². The van der Waals surface area contributed by atoms with Crippen molar-refractivity contribution in [2.24, 2.45) is 0 Å². The van der Waals surface area contributed by atoms with Gasteiger partial charge in [0.1, 0.15) is 11.5 Å². The van der Waals surface area contributed by atoms with Crippen molar-refractivity contribution in [2.75, 3.05) is 18.5 Å². The number of ether oxygens (including phenoxy) is 2. The third-order valence-electron chi connectivity index (χ3n) is 3.62. The number of rotatable bonds is 9. The van der Waals surface area contributed by atoms with Gasteiger partial charge in [-0.05, 0) is 87.8 Å². The highest BCUT2D eigenvalue weighted by molar-refractivity contribution is 7.80. The number of nitrogens with one attached hydrogen (secondary N) is 2. The summed E-state index contributed by atoms with van der Waals surface area (Å²) in [6.07, 6.45) is 2.17. The van der Waals surface area contributed by atoms with Gasteiger partial charge >= 0.3 is 0 Å². The second-order valence-electron chi connectivity index (χ2n) is 6.26. The molecule has 0 unspecified atom stereocenters. The Morgan fingerprint density at radius 2 is 1.85 bits per heavy atom. The summed E-state index contributed by atoms with van der Waals surface area (Å²) in [7, 11) is 0. The summed E-state index contributed by atoms with van der Waals surface area (Å²) in [5.74, 6) is 1.79. The minimum absolute atomic E-state index is 0.193. The molecule has 0 saturated carbocycles. The molecule has 0 heterocycles. The number of aryl methyl sites for hydroxylation is 1. The Bertz CT molecular complexity index is 687. The molecule has 0 fully saturated rings. The summed E-state index contributed by atoms with van der Waals surface area (Å²) in [6, 6.07) is 16.1. The SMILES string of the molecule is CCOc1ccc(NC(=S)NCCCc2cccc(OC(C)C)c2)cc1. The molecule has 0 atom stereocenters. The van der Waals surface area contributed by atoms with Gasteiger partial charge < -0.3 is 20.1 Å². The zero-order chi connectivity index (χ0) is 18.8. The topological polar surface area (TPSA) is 42.5 Å². The van der Waals surface area contributed by atoms with Gasteiger partial charge in [0, 0.05) is 12.2 Å². The van der Waals surface area contributed by atoms with Gasteiger partial charge in [-0.2, -0.15) is 0 Å². The molecule has 0 aliphatic rings. The molecule has 0 aromatic heterocycles. The summed E-state index contributed by atoms with van der Waals surface area (Å²) in [6.45, 7) is 7.53. The summed E-state index contributed by atoms with van der Waals surface area (Å²) < 4.78 is 11.2. The van der Waals surface area contributed by atoms with Crippen LogP contribution in [0.3, 0.4) is 0 Å². The maximum Gasteiger partial charge on any atom is 0.170 e. The van der Waals surface area contributed by atoms with E-state index in [1.54, 1.807) is 0 Å². The largest absolute Gasteiger partial charge is 0.494 e. The highest BCUT2D eigenvalue weighted by Gasteiger charge is 2.01. The Morgan fingerprint density at radius 1 is 1.08 bits per heavy atom. The molecule has 2 aromatic carbocycles. The highest BCUT2D eigenvalue weighted by Crippen LogP contribution is 2.16. The van der Waals surface area contributed by atoms with E-state index < -0.39 is 0 Å². The fourth-order valence-corrected chi connectivity index (χ4v) is 2.74. The first-order chi connectivity index (χ1) is 12.6. The van der Waals surface area contributed by atoms with Crippen molar-refractivity contribution in [2.45, 2.75) is 39.7 Å². The molecule has 0 aliphatic carbocycles. The number of anilines is 1. The van der Waals surface area contributed by atoms with Gasteiger partial charge in [-0.25, -0.2) is 0 Å². The summed E-state index contributed by atoms with van der Waals surface area (Å²) in [5, 5.41) is 7.06. The molecule has 0 saturated heterocycles. The van der Waals surface area contributed by atoms with Crippen LogP contribution in [0.4, 0.5) is 5.69 Å². The molecule has 4 nitrogen and oxygen atoms in total. The van der Waals surface area contributed by atoms with Gasteiger partial charge in [-0.3, -0.25) is 0 Å². The second kappa shape index (κ2) is 10.7. The molecule has 140 valence electrons. The van der Waals surface area contributed by atoms with E-state index in [-0.39, 0.29) is 6.10 Å². The van der Waals surface area contributed by atoms with Crippen molar-refractivity contribution >= 4 is 23.0 Å². The average molecular weight is 373 g/mol. The fraction of sp³-hybridized carbons (Fsp3) is 0.381. The number of hydrogen-bond acceptors (Lipinski definition) is 3. The van der Waals surface area contributed by atoms with E-state index in [9.17, 15) is 0 Å². The molecule has 2 aromatic rings. The molecule has 0 aliphatic heterocycles. The lowest BCUT2D eigenvalue weighted by molar-refractivity contribution is 0.242. The average Bonchev–Trinajstić information content (AvgIpc) is 2.60. The van der Waals surface area contributed by atoms with Crippen LogP contribution in [0.25, 0.3) is 0 Å². The van der Waals surface area contributed by atoms with Crippen LogP contribution in [0, 0.1) is 0 Å². The Labute approximate surface area is 161 Å². The number of thiocarbonyl (C=S) groups is 1. The quantitative estimate of drug-likeness (QED) is 0.489. The zero-order valence-corrected chi connectivity index (χ0v) is 16.6. The van der Waals surface area contributed by atoms with E-state index >= 15 is 0 Å². The predicted molar refractivity (Wildman–Crippen MR) is 112 cm³/mol. The molecule has 0 radical (unpaired) electrons. The fourth-order valence-electron chi connectivity index (χ4n) is 2.52. The van der Waals surface area contributed by atoms with Gasteiger partial charge in [-0.15, -0.1) is 0 Å². The summed E-state index contributed by atoms with van der Waals surface area (Å²) in [5.41, 5.74) is 2.22. The molecular formula is C21H28N2O2S. The third kappa shape index (κ3) is 7.31. The molecule has 5 heteroatoms. The van der Waals surface area contributed by atoms with Gasteiger partial charge in [-0.1, -0.05) is 12.1 Å². The summed E-state index contributed by atoms with van der Waals surface area (Å²) in [4.78, 5) is 0. The minimum atomic E-state index is 0.193. The predicted octanol–water partition coefficient (Wildman–Crippen LogP) is 4.79. The lowest BCUT2D eigenvalue weighted by Crippen LogP contribution is -2.29. The Morgan fingerprint density at radius 3 is 2.54 bits per heavy atom. The lowest BCUT2D eigenvalue weighted by atomic mass is 10.1. The standard InChI is InChI=1S/C21H28N2O2S/c1-4-24-19-12-10-18(11-13-19)23-21(26)22-14-6-8-17-7-5-9-20(15-17)25-16(2)3/h5,7,9-13,15-16H,4,6,8,14H2,1-3H3,(H2,22,23,26). The maximum absolute atomic E-state index is 5.73. The maximum atomic E-state index is 5.73. The smallest absolute Gasteiger partial charge is 0.170 e. The summed E-state index contributed by atoms with van der Waals surface area (Å²) >= 11 is 5.34. The van der Waals surface area contributed by atoms with Gasteiger partial charge in [0.25, 0.3) is 0 Å². The molecule has 26 heavy (non-hydrogen) atoms. The van der Waals surface area contributed by atoms with Crippen LogP contribution in [0.1, 0.15) is 32.8 Å². The molecule has 0 bridgehead atoms. The van der Waals surface area contributed by atoms with E-state index in [4.69, 9.17) is 21.7 Å². The first-order valence-corrected chi connectivity index (χ1v) is 9.51.